The zero-order valence-electron chi connectivity index (χ0n) is 17.7. The minimum absolute atomic E-state index is 0.0268. The van der Waals surface area contributed by atoms with E-state index in [1.54, 1.807) is 0 Å². The Kier molecular flexibility index (Phi) is 6.80. The van der Waals surface area contributed by atoms with Crippen molar-refractivity contribution >= 4 is 16.2 Å². The van der Waals surface area contributed by atoms with E-state index in [0.29, 0.717) is 6.41 Å². The highest BCUT2D eigenvalue weighted by Crippen LogP contribution is 2.42. The van der Waals surface area contributed by atoms with Crippen LogP contribution in [0.4, 0.5) is 26.3 Å². The molecule has 13 heteroatoms. The Bertz CT molecular complexity index is 1150. The van der Waals surface area contributed by atoms with Gasteiger partial charge in [0.05, 0.1) is 23.0 Å². The van der Waals surface area contributed by atoms with Crippen LogP contribution in [0.25, 0.3) is 0 Å². The number of hydrogen-bond donors (Lipinski definition) is 0. The number of halogens is 6. The summed E-state index contributed by atoms with van der Waals surface area (Å²) in [5.41, 5.74) is -0.952. The monoisotopic (exact) mass is 511 g/mol. The summed E-state index contributed by atoms with van der Waals surface area (Å²) in [6.07, 6.45) is -11.1. The van der Waals surface area contributed by atoms with Crippen LogP contribution in [0.3, 0.4) is 0 Å². The Morgan fingerprint density at radius 2 is 1.68 bits per heavy atom. The van der Waals surface area contributed by atoms with Crippen molar-refractivity contribution in [3.63, 3.8) is 0 Å². The molecule has 0 spiro atoms. The minimum atomic E-state index is -4.72. The first-order valence-corrected chi connectivity index (χ1v) is 11.6. The van der Waals surface area contributed by atoms with Crippen molar-refractivity contribution in [2.45, 2.75) is 42.4 Å². The number of carbonyl (C=O) groups excluding carboxylic acids is 1. The molecule has 0 bridgehead atoms. The van der Waals surface area contributed by atoms with Gasteiger partial charge in [0.2, 0.25) is 6.41 Å². The number of likely N-dealkylation sites (tertiary alicyclic amines) is 1. The van der Waals surface area contributed by atoms with Gasteiger partial charge in [-0.2, -0.15) is 26.3 Å². The zero-order chi connectivity index (χ0) is 25.5. The molecule has 0 saturated carbocycles. The standard InChI is InChI=1S/C21H19F6NO5S/c1-12(20(22,23)24)32-17-8-7-15(34(2,30)31)9-16(17)19-18(10-28(19)11-29)33-14-5-3-13(4-6-14)21(25,26)27/h3-9,11-12,18-19H,10H2,1-2H3/t12-,18?,19?/m1/s1. The van der Waals surface area contributed by atoms with E-state index in [1.165, 1.54) is 0 Å². The van der Waals surface area contributed by atoms with E-state index in [-0.39, 0.29) is 28.5 Å². The highest BCUT2D eigenvalue weighted by Gasteiger charge is 2.45. The quantitative estimate of drug-likeness (QED) is 0.407. The molecule has 1 aliphatic rings. The minimum Gasteiger partial charge on any atom is -0.486 e. The molecule has 1 aliphatic heterocycles. The van der Waals surface area contributed by atoms with Crippen molar-refractivity contribution in [2.75, 3.05) is 12.8 Å². The maximum Gasteiger partial charge on any atom is 0.425 e. The summed E-state index contributed by atoms with van der Waals surface area (Å²) >= 11 is 0. The first-order chi connectivity index (χ1) is 15.6. The SMILES string of the molecule is C[C@@H](Oc1ccc(S(C)(=O)=O)cc1C1C(Oc2ccc(C(F)(F)F)cc2)CN1C=O)C(F)(F)F. The molecule has 3 rings (SSSR count). The number of benzene rings is 2. The fourth-order valence-electron chi connectivity index (χ4n) is 3.34. The normalized spacial score (nSPS) is 19.8. The van der Waals surface area contributed by atoms with Crippen LogP contribution in [0.1, 0.15) is 24.1 Å². The molecule has 0 radical (unpaired) electrons. The van der Waals surface area contributed by atoms with Gasteiger partial charge in [-0.1, -0.05) is 0 Å². The van der Waals surface area contributed by atoms with Gasteiger partial charge in [0, 0.05) is 11.8 Å². The molecular weight excluding hydrogens is 492 g/mol. The fraction of sp³-hybridized carbons (Fsp3) is 0.381. The smallest absolute Gasteiger partial charge is 0.425 e. The molecule has 1 amide bonds. The van der Waals surface area contributed by atoms with Gasteiger partial charge in [-0.3, -0.25) is 4.79 Å². The summed E-state index contributed by atoms with van der Waals surface area (Å²) in [6, 6.07) is 5.92. The molecule has 3 atom stereocenters. The molecule has 34 heavy (non-hydrogen) atoms. The zero-order valence-corrected chi connectivity index (χ0v) is 18.5. The lowest BCUT2D eigenvalue weighted by Gasteiger charge is -2.46. The van der Waals surface area contributed by atoms with E-state index in [1.807, 2.05) is 0 Å². The molecule has 2 unspecified atom stereocenters. The third kappa shape index (κ3) is 5.57. The van der Waals surface area contributed by atoms with E-state index >= 15 is 0 Å². The van der Waals surface area contributed by atoms with Gasteiger partial charge in [0.25, 0.3) is 0 Å². The maximum absolute atomic E-state index is 13.1. The largest absolute Gasteiger partial charge is 0.486 e. The average molecular weight is 511 g/mol. The number of nitrogens with zero attached hydrogens (tertiary/aromatic N) is 1. The molecule has 1 saturated heterocycles. The van der Waals surface area contributed by atoms with Gasteiger partial charge in [0.1, 0.15) is 17.6 Å². The van der Waals surface area contributed by atoms with Crippen LogP contribution in [-0.4, -0.2) is 50.9 Å². The van der Waals surface area contributed by atoms with Crippen LogP contribution >= 0.6 is 0 Å². The lowest BCUT2D eigenvalue weighted by Crippen LogP contribution is -2.55. The lowest BCUT2D eigenvalue weighted by molar-refractivity contribution is -0.189. The van der Waals surface area contributed by atoms with E-state index in [9.17, 15) is 39.6 Å². The van der Waals surface area contributed by atoms with Crippen molar-refractivity contribution in [2.24, 2.45) is 0 Å². The number of sulfone groups is 1. The first-order valence-electron chi connectivity index (χ1n) is 9.73. The molecule has 6 nitrogen and oxygen atoms in total. The Morgan fingerprint density at radius 1 is 1.06 bits per heavy atom. The van der Waals surface area contributed by atoms with Crippen LogP contribution in [0.15, 0.2) is 47.4 Å². The summed E-state index contributed by atoms with van der Waals surface area (Å²) in [7, 11) is -3.77. The predicted molar refractivity (Wildman–Crippen MR) is 107 cm³/mol. The van der Waals surface area contributed by atoms with Gasteiger partial charge in [-0.25, -0.2) is 8.42 Å². The van der Waals surface area contributed by atoms with Crippen LogP contribution in [-0.2, 0) is 20.8 Å². The van der Waals surface area contributed by atoms with Crippen LogP contribution in [0.5, 0.6) is 11.5 Å². The van der Waals surface area contributed by atoms with E-state index in [2.05, 4.69) is 0 Å². The van der Waals surface area contributed by atoms with Gasteiger partial charge in [-0.05, 0) is 49.4 Å². The second kappa shape index (κ2) is 9.01. The second-order valence-electron chi connectivity index (χ2n) is 7.70. The van der Waals surface area contributed by atoms with Crippen LogP contribution in [0, 0.1) is 0 Å². The Labute approximate surface area is 191 Å². The number of hydrogen-bond acceptors (Lipinski definition) is 5. The Balaban J connectivity index is 1.97. The van der Waals surface area contributed by atoms with Gasteiger partial charge in [-0.15, -0.1) is 0 Å². The van der Waals surface area contributed by atoms with Gasteiger partial charge in [0.15, 0.2) is 15.9 Å². The number of rotatable bonds is 7. The molecule has 0 aliphatic carbocycles. The van der Waals surface area contributed by atoms with E-state index < -0.39 is 46.0 Å². The summed E-state index contributed by atoms with van der Waals surface area (Å²) in [4.78, 5) is 12.4. The van der Waals surface area contributed by atoms with Crippen molar-refractivity contribution in [3.05, 3.63) is 53.6 Å². The fourth-order valence-corrected chi connectivity index (χ4v) is 3.99. The highest BCUT2D eigenvalue weighted by molar-refractivity contribution is 7.90. The summed E-state index contributed by atoms with van der Waals surface area (Å²) in [5.74, 6) is -0.284. The highest BCUT2D eigenvalue weighted by atomic mass is 32.2. The second-order valence-corrected chi connectivity index (χ2v) is 9.71. The van der Waals surface area contributed by atoms with Crippen LogP contribution in [0.2, 0.25) is 0 Å². The van der Waals surface area contributed by atoms with Crippen molar-refractivity contribution in [1.82, 2.24) is 4.90 Å². The topological polar surface area (TPSA) is 72.9 Å². The van der Waals surface area contributed by atoms with Crippen LogP contribution < -0.4 is 9.47 Å². The van der Waals surface area contributed by atoms with E-state index in [4.69, 9.17) is 9.47 Å². The number of ether oxygens (including phenoxy) is 2. The molecule has 2 aromatic carbocycles. The summed E-state index contributed by atoms with van der Waals surface area (Å²) < 4.78 is 112. The molecule has 2 aromatic rings. The third-order valence-electron chi connectivity index (χ3n) is 5.20. The number of alkyl halides is 6. The van der Waals surface area contributed by atoms with Crippen molar-refractivity contribution in [3.8, 4) is 11.5 Å². The average Bonchev–Trinajstić information content (AvgIpc) is 2.70. The summed E-state index contributed by atoms with van der Waals surface area (Å²) in [6.45, 7) is 0.731. The predicted octanol–water partition coefficient (Wildman–Crippen LogP) is 4.40. The molecule has 0 N–H and O–H groups in total. The Morgan fingerprint density at radius 3 is 2.18 bits per heavy atom. The molecule has 0 aromatic heterocycles. The van der Waals surface area contributed by atoms with Crippen molar-refractivity contribution < 1.29 is 49.0 Å². The molecule has 1 fully saturated rings. The molecule has 1 heterocycles. The molecular formula is C21H19F6NO5S. The third-order valence-corrected chi connectivity index (χ3v) is 6.31. The lowest BCUT2D eigenvalue weighted by atomic mass is 9.91. The Hall–Kier alpha value is -2.96. The first kappa shape index (κ1) is 25.7. The van der Waals surface area contributed by atoms with Gasteiger partial charge < -0.3 is 14.4 Å². The number of carbonyl (C=O) groups is 1. The van der Waals surface area contributed by atoms with Crippen molar-refractivity contribution in [1.29, 1.82) is 0 Å². The van der Waals surface area contributed by atoms with E-state index in [0.717, 1.165) is 60.5 Å². The summed E-state index contributed by atoms with van der Waals surface area (Å²) in [5, 5.41) is 0. The number of amides is 1. The maximum atomic E-state index is 13.1. The van der Waals surface area contributed by atoms with Gasteiger partial charge >= 0.3 is 12.4 Å². The molecule has 186 valence electrons.